The number of rotatable bonds is 4. The maximum absolute atomic E-state index is 13.4. The van der Waals surface area contributed by atoms with Crippen LogP contribution in [0.5, 0.6) is 5.75 Å². The molecule has 2 heterocycles. The van der Waals surface area contributed by atoms with Crippen molar-refractivity contribution in [3.05, 3.63) is 101 Å². The second-order valence-corrected chi connectivity index (χ2v) is 9.73. The van der Waals surface area contributed by atoms with Crippen molar-refractivity contribution in [3.8, 4) is 5.75 Å². The first kappa shape index (κ1) is 22.4. The predicted molar refractivity (Wildman–Crippen MR) is 133 cm³/mol. The lowest BCUT2D eigenvalue weighted by atomic mass is 9.81. The number of Topliss-reactive ketones (excluding diaryl/α,β-unsaturated/α-hetero) is 1. The quantitative estimate of drug-likeness (QED) is 0.498. The summed E-state index contributed by atoms with van der Waals surface area (Å²) in [7, 11) is 0. The van der Waals surface area contributed by atoms with Crippen LogP contribution in [0, 0.1) is 13.8 Å². The Labute approximate surface area is 201 Å². The highest BCUT2D eigenvalue weighted by atomic mass is 16.5. The summed E-state index contributed by atoms with van der Waals surface area (Å²) in [5.74, 6) is 1.07. The molecule has 0 bridgehead atoms. The van der Waals surface area contributed by atoms with Crippen molar-refractivity contribution in [2.45, 2.75) is 51.0 Å². The molecule has 1 spiro atoms. The molecular weight excluding hydrogens is 422 g/mol. The molecule has 34 heavy (non-hydrogen) atoms. The second kappa shape index (κ2) is 9.09. The Morgan fingerprint density at radius 1 is 0.912 bits per heavy atom. The zero-order valence-electron chi connectivity index (χ0n) is 19.9. The molecular formula is C30H31NO3. The van der Waals surface area contributed by atoms with Gasteiger partial charge in [-0.25, -0.2) is 0 Å². The van der Waals surface area contributed by atoms with Gasteiger partial charge in [0.1, 0.15) is 11.4 Å². The standard InChI is InChI=1S/C30H31NO3/c1-21-13-14-25-27(32)20-30(34-29(25)22(21)2)15-17-31(18-16-30)28(33)19-26(23-9-5-3-6-10-23)24-11-7-4-8-12-24/h3-14,26H,15-20H2,1-2H3. The largest absolute Gasteiger partial charge is 0.486 e. The Morgan fingerprint density at radius 3 is 2.09 bits per heavy atom. The molecule has 0 radical (unpaired) electrons. The summed E-state index contributed by atoms with van der Waals surface area (Å²) in [6, 6.07) is 24.4. The molecule has 1 amide bonds. The SMILES string of the molecule is Cc1ccc2c(c1C)OC1(CCN(C(=O)CC(c3ccccc3)c3ccccc3)CC1)CC2=O. The lowest BCUT2D eigenvalue weighted by molar-refractivity contribution is -0.135. The number of nitrogens with zero attached hydrogens (tertiary/aromatic N) is 1. The van der Waals surface area contributed by atoms with Gasteiger partial charge >= 0.3 is 0 Å². The van der Waals surface area contributed by atoms with Crippen LogP contribution in [-0.2, 0) is 4.79 Å². The van der Waals surface area contributed by atoms with Crippen LogP contribution in [0.2, 0.25) is 0 Å². The normalized spacial score (nSPS) is 16.9. The van der Waals surface area contributed by atoms with Crippen LogP contribution in [0.25, 0.3) is 0 Å². The van der Waals surface area contributed by atoms with Crippen molar-refractivity contribution in [1.29, 1.82) is 0 Å². The van der Waals surface area contributed by atoms with Gasteiger partial charge in [0.15, 0.2) is 5.78 Å². The van der Waals surface area contributed by atoms with E-state index in [0.717, 1.165) is 28.0 Å². The van der Waals surface area contributed by atoms with Gasteiger partial charge in [-0.15, -0.1) is 0 Å². The number of aryl methyl sites for hydroxylation is 1. The average molecular weight is 454 g/mol. The van der Waals surface area contributed by atoms with Crippen LogP contribution in [0.4, 0.5) is 0 Å². The molecule has 0 saturated carbocycles. The van der Waals surface area contributed by atoms with Crippen molar-refractivity contribution < 1.29 is 14.3 Å². The highest BCUT2D eigenvalue weighted by Crippen LogP contribution is 2.42. The summed E-state index contributed by atoms with van der Waals surface area (Å²) in [5.41, 5.74) is 4.66. The number of carbonyl (C=O) groups is 2. The number of likely N-dealkylation sites (tertiary alicyclic amines) is 1. The molecule has 4 nitrogen and oxygen atoms in total. The van der Waals surface area contributed by atoms with Gasteiger partial charge in [0.25, 0.3) is 0 Å². The van der Waals surface area contributed by atoms with Crippen molar-refractivity contribution in [2.24, 2.45) is 0 Å². The summed E-state index contributed by atoms with van der Waals surface area (Å²) in [6.07, 6.45) is 2.18. The fraction of sp³-hybridized carbons (Fsp3) is 0.333. The summed E-state index contributed by atoms with van der Waals surface area (Å²) in [5, 5.41) is 0. The van der Waals surface area contributed by atoms with Crippen LogP contribution in [-0.4, -0.2) is 35.3 Å². The highest BCUT2D eigenvalue weighted by Gasteiger charge is 2.44. The molecule has 0 aliphatic carbocycles. The number of ketones is 1. The Bertz CT molecular complexity index is 1150. The van der Waals surface area contributed by atoms with Crippen molar-refractivity contribution in [3.63, 3.8) is 0 Å². The summed E-state index contributed by atoms with van der Waals surface area (Å²) >= 11 is 0. The highest BCUT2D eigenvalue weighted by molar-refractivity contribution is 6.01. The maximum atomic E-state index is 13.4. The first-order chi connectivity index (χ1) is 16.5. The summed E-state index contributed by atoms with van der Waals surface area (Å²) < 4.78 is 6.53. The Kier molecular flexibility index (Phi) is 5.99. The predicted octanol–water partition coefficient (Wildman–Crippen LogP) is 5.85. The molecule has 1 saturated heterocycles. The number of ether oxygens (including phenoxy) is 1. The van der Waals surface area contributed by atoms with Crippen LogP contribution >= 0.6 is 0 Å². The van der Waals surface area contributed by atoms with Crippen LogP contribution in [0.1, 0.15) is 64.2 Å². The molecule has 0 aromatic heterocycles. The Balaban J connectivity index is 1.30. The summed E-state index contributed by atoms with van der Waals surface area (Å²) in [6.45, 7) is 5.29. The number of amides is 1. The van der Waals surface area contributed by atoms with E-state index in [9.17, 15) is 9.59 Å². The van der Waals surface area contributed by atoms with E-state index in [1.807, 2.05) is 67.3 Å². The molecule has 5 rings (SSSR count). The third-order valence-electron chi connectivity index (χ3n) is 7.59. The molecule has 4 heteroatoms. The van der Waals surface area contributed by atoms with E-state index < -0.39 is 5.60 Å². The van der Waals surface area contributed by atoms with Gasteiger partial charge in [0.05, 0.1) is 12.0 Å². The van der Waals surface area contributed by atoms with E-state index in [4.69, 9.17) is 4.74 Å². The fourth-order valence-corrected chi connectivity index (χ4v) is 5.33. The minimum absolute atomic E-state index is 0.0239. The van der Waals surface area contributed by atoms with Crippen molar-refractivity contribution >= 4 is 11.7 Å². The van der Waals surface area contributed by atoms with E-state index in [2.05, 4.69) is 24.3 Å². The van der Waals surface area contributed by atoms with Crippen LogP contribution in [0.3, 0.4) is 0 Å². The van der Waals surface area contributed by atoms with Crippen molar-refractivity contribution in [1.82, 2.24) is 4.90 Å². The lowest BCUT2D eigenvalue weighted by Crippen LogP contribution is -2.52. The Hall–Kier alpha value is -3.40. The molecule has 2 aliphatic heterocycles. The van der Waals surface area contributed by atoms with Crippen molar-refractivity contribution in [2.75, 3.05) is 13.1 Å². The first-order valence-electron chi connectivity index (χ1n) is 12.2. The van der Waals surface area contributed by atoms with Gasteiger partial charge in [-0.2, -0.15) is 0 Å². The molecule has 0 N–H and O–H groups in total. The van der Waals surface area contributed by atoms with Gasteiger partial charge in [0, 0.05) is 38.3 Å². The minimum atomic E-state index is -0.502. The monoisotopic (exact) mass is 453 g/mol. The van der Waals surface area contributed by atoms with Gasteiger partial charge in [-0.3, -0.25) is 9.59 Å². The number of benzene rings is 3. The van der Waals surface area contributed by atoms with Crippen LogP contribution < -0.4 is 4.74 Å². The van der Waals surface area contributed by atoms with Crippen LogP contribution in [0.15, 0.2) is 72.8 Å². The molecule has 174 valence electrons. The smallest absolute Gasteiger partial charge is 0.223 e. The summed E-state index contributed by atoms with van der Waals surface area (Å²) in [4.78, 5) is 28.3. The topological polar surface area (TPSA) is 46.6 Å². The molecule has 3 aromatic rings. The first-order valence-corrected chi connectivity index (χ1v) is 12.2. The number of hydrogen-bond acceptors (Lipinski definition) is 3. The van der Waals surface area contributed by atoms with E-state index in [1.54, 1.807) is 0 Å². The third-order valence-corrected chi connectivity index (χ3v) is 7.59. The van der Waals surface area contributed by atoms with E-state index in [0.29, 0.717) is 44.3 Å². The van der Waals surface area contributed by atoms with E-state index in [-0.39, 0.29) is 17.6 Å². The van der Waals surface area contributed by atoms with E-state index in [1.165, 1.54) is 0 Å². The molecule has 3 aromatic carbocycles. The molecule has 0 atom stereocenters. The number of fused-ring (bicyclic) bond motifs is 1. The van der Waals surface area contributed by atoms with Gasteiger partial charge in [-0.05, 0) is 42.2 Å². The second-order valence-electron chi connectivity index (χ2n) is 9.73. The number of piperidine rings is 1. The number of carbonyl (C=O) groups excluding carboxylic acids is 2. The molecule has 2 aliphatic rings. The van der Waals surface area contributed by atoms with E-state index >= 15 is 0 Å². The zero-order chi connectivity index (χ0) is 23.7. The Morgan fingerprint density at radius 2 is 1.50 bits per heavy atom. The average Bonchev–Trinajstić information content (AvgIpc) is 2.86. The van der Waals surface area contributed by atoms with Gasteiger partial charge < -0.3 is 9.64 Å². The van der Waals surface area contributed by atoms with Gasteiger partial charge in [-0.1, -0.05) is 66.7 Å². The molecule has 0 unspecified atom stereocenters. The van der Waals surface area contributed by atoms with Gasteiger partial charge in [0.2, 0.25) is 5.91 Å². The fourth-order valence-electron chi connectivity index (χ4n) is 5.33. The zero-order valence-corrected chi connectivity index (χ0v) is 19.9. The lowest BCUT2D eigenvalue weighted by Gasteiger charge is -2.44. The minimum Gasteiger partial charge on any atom is -0.486 e. The third kappa shape index (κ3) is 4.25. The maximum Gasteiger partial charge on any atom is 0.223 e. The molecule has 1 fully saturated rings. The number of hydrogen-bond donors (Lipinski definition) is 0.